The maximum absolute atomic E-state index is 14.4. The predicted molar refractivity (Wildman–Crippen MR) is 137 cm³/mol. The first kappa shape index (κ1) is 22.3. The topological polar surface area (TPSA) is 44.4 Å². The standard InChI is InChI=1S/C30H39N3O/c34-29(27-19-32-21-30(27)20-31-18-25-13-7-8-14-26(25)30)33-16-15-24(22-9-3-1-4-10-22)17-28(33)23-11-5-2-6-12-23/h1,3-4,7-10,13-14,23-24,27-28,31-32H,2,5-6,11-12,15-21H2/t24-,27+,28+,30+/m1/s1. The summed E-state index contributed by atoms with van der Waals surface area (Å²) in [4.78, 5) is 16.8. The molecule has 1 aliphatic carbocycles. The van der Waals surface area contributed by atoms with Crippen molar-refractivity contribution in [3.05, 3.63) is 71.3 Å². The Morgan fingerprint density at radius 1 is 0.882 bits per heavy atom. The van der Waals surface area contributed by atoms with Gasteiger partial charge >= 0.3 is 0 Å². The number of piperidine rings is 1. The van der Waals surface area contributed by atoms with Crippen molar-refractivity contribution in [2.24, 2.45) is 11.8 Å². The van der Waals surface area contributed by atoms with Crippen LogP contribution in [0.15, 0.2) is 54.6 Å². The van der Waals surface area contributed by atoms with E-state index in [1.807, 2.05) is 0 Å². The molecule has 6 rings (SSSR count). The Labute approximate surface area is 204 Å². The van der Waals surface area contributed by atoms with Crippen LogP contribution in [-0.2, 0) is 16.8 Å². The fourth-order valence-corrected chi connectivity index (χ4v) is 7.69. The van der Waals surface area contributed by atoms with Gasteiger partial charge in [-0.25, -0.2) is 0 Å². The average Bonchev–Trinajstić information content (AvgIpc) is 3.33. The second-order valence-corrected chi connectivity index (χ2v) is 11.2. The maximum Gasteiger partial charge on any atom is 0.228 e. The summed E-state index contributed by atoms with van der Waals surface area (Å²) in [7, 11) is 0. The largest absolute Gasteiger partial charge is 0.339 e. The van der Waals surface area contributed by atoms with Crippen molar-refractivity contribution in [1.82, 2.24) is 15.5 Å². The van der Waals surface area contributed by atoms with E-state index in [0.29, 0.717) is 23.8 Å². The van der Waals surface area contributed by atoms with E-state index in [4.69, 9.17) is 0 Å². The summed E-state index contributed by atoms with van der Waals surface area (Å²) in [6.07, 6.45) is 8.79. The molecule has 0 aromatic heterocycles. The summed E-state index contributed by atoms with van der Waals surface area (Å²) < 4.78 is 0. The van der Waals surface area contributed by atoms with Gasteiger partial charge in [-0.05, 0) is 54.2 Å². The molecule has 0 unspecified atom stereocenters. The van der Waals surface area contributed by atoms with Gasteiger partial charge in [0, 0.05) is 44.2 Å². The van der Waals surface area contributed by atoms with Crippen LogP contribution < -0.4 is 10.6 Å². The van der Waals surface area contributed by atoms with E-state index in [-0.39, 0.29) is 11.3 Å². The van der Waals surface area contributed by atoms with Crippen LogP contribution in [0.4, 0.5) is 0 Å². The van der Waals surface area contributed by atoms with Gasteiger partial charge < -0.3 is 15.5 Å². The fraction of sp³-hybridized carbons (Fsp3) is 0.567. The molecule has 4 heteroatoms. The lowest BCUT2D eigenvalue weighted by atomic mass is 9.68. The van der Waals surface area contributed by atoms with Crippen molar-refractivity contribution in [3.8, 4) is 0 Å². The van der Waals surface area contributed by atoms with Gasteiger partial charge in [0.1, 0.15) is 0 Å². The molecule has 4 nitrogen and oxygen atoms in total. The van der Waals surface area contributed by atoms with Gasteiger partial charge in [-0.3, -0.25) is 4.79 Å². The highest BCUT2D eigenvalue weighted by atomic mass is 16.2. The summed E-state index contributed by atoms with van der Waals surface area (Å²) in [6, 6.07) is 20.2. The molecule has 1 spiro atoms. The van der Waals surface area contributed by atoms with E-state index in [0.717, 1.165) is 45.6 Å². The van der Waals surface area contributed by atoms with Crippen molar-refractivity contribution in [1.29, 1.82) is 0 Å². The molecule has 4 aliphatic rings. The number of nitrogens with zero attached hydrogens (tertiary/aromatic N) is 1. The quantitative estimate of drug-likeness (QED) is 0.708. The molecule has 0 bridgehead atoms. The summed E-state index contributed by atoms with van der Waals surface area (Å²) in [5.41, 5.74) is 4.09. The number of benzene rings is 2. The summed E-state index contributed by atoms with van der Waals surface area (Å²) in [6.45, 7) is 4.39. The Kier molecular flexibility index (Phi) is 6.21. The molecule has 1 saturated carbocycles. The van der Waals surface area contributed by atoms with Crippen molar-refractivity contribution in [2.45, 2.75) is 68.9 Å². The van der Waals surface area contributed by atoms with Gasteiger partial charge in [-0.15, -0.1) is 0 Å². The van der Waals surface area contributed by atoms with E-state index in [9.17, 15) is 4.79 Å². The molecule has 34 heavy (non-hydrogen) atoms. The highest BCUT2D eigenvalue weighted by molar-refractivity contribution is 5.82. The van der Waals surface area contributed by atoms with E-state index in [2.05, 4.69) is 70.1 Å². The number of nitrogens with one attached hydrogen (secondary N) is 2. The van der Waals surface area contributed by atoms with Crippen LogP contribution in [-0.4, -0.2) is 43.0 Å². The number of likely N-dealkylation sites (tertiary alicyclic amines) is 1. The van der Waals surface area contributed by atoms with Crippen LogP contribution in [0, 0.1) is 11.8 Å². The summed E-state index contributed by atoms with van der Waals surface area (Å²) in [5.74, 6) is 1.66. The SMILES string of the molecule is O=C([C@@H]1CNC[C@]12CNCc1ccccc12)N1CC[C@@H](c2ccccc2)C[C@H]1C1CCCCC1. The monoisotopic (exact) mass is 457 g/mol. The molecule has 2 saturated heterocycles. The van der Waals surface area contributed by atoms with Crippen molar-refractivity contribution < 1.29 is 4.79 Å². The Morgan fingerprint density at radius 2 is 1.65 bits per heavy atom. The maximum atomic E-state index is 14.4. The predicted octanol–water partition coefficient (Wildman–Crippen LogP) is 4.60. The minimum absolute atomic E-state index is 0.0146. The van der Waals surface area contributed by atoms with Gasteiger partial charge in [0.05, 0.1) is 5.92 Å². The molecular weight excluding hydrogens is 418 g/mol. The third-order valence-electron chi connectivity index (χ3n) is 9.46. The fourth-order valence-electron chi connectivity index (χ4n) is 7.69. The van der Waals surface area contributed by atoms with E-state index in [1.54, 1.807) is 0 Å². The summed E-state index contributed by atoms with van der Waals surface area (Å²) >= 11 is 0. The van der Waals surface area contributed by atoms with Crippen LogP contribution >= 0.6 is 0 Å². The minimum Gasteiger partial charge on any atom is -0.339 e. The summed E-state index contributed by atoms with van der Waals surface area (Å²) in [5, 5.41) is 7.29. The number of amides is 1. The number of carbonyl (C=O) groups is 1. The first-order valence-electron chi connectivity index (χ1n) is 13.6. The minimum atomic E-state index is -0.126. The Bertz CT molecular complexity index is 1000. The molecule has 3 fully saturated rings. The van der Waals surface area contributed by atoms with Crippen molar-refractivity contribution >= 4 is 5.91 Å². The lowest BCUT2D eigenvalue weighted by Gasteiger charge is -2.48. The Balaban J connectivity index is 1.30. The van der Waals surface area contributed by atoms with E-state index >= 15 is 0 Å². The molecule has 180 valence electrons. The number of hydrogen-bond acceptors (Lipinski definition) is 3. The Morgan fingerprint density at radius 3 is 2.50 bits per heavy atom. The van der Waals surface area contributed by atoms with Gasteiger partial charge in [0.2, 0.25) is 5.91 Å². The van der Waals surface area contributed by atoms with Crippen LogP contribution in [0.2, 0.25) is 0 Å². The number of carbonyl (C=O) groups excluding carboxylic acids is 1. The number of fused-ring (bicyclic) bond motifs is 2. The first-order chi connectivity index (χ1) is 16.8. The zero-order valence-electron chi connectivity index (χ0n) is 20.3. The Hall–Kier alpha value is -2.17. The second kappa shape index (κ2) is 9.47. The van der Waals surface area contributed by atoms with Gasteiger partial charge in [-0.1, -0.05) is 73.9 Å². The number of hydrogen-bond donors (Lipinski definition) is 2. The molecule has 1 amide bonds. The lowest BCUT2D eigenvalue weighted by Crippen LogP contribution is -2.57. The smallest absolute Gasteiger partial charge is 0.228 e. The molecular formula is C30H39N3O. The molecule has 3 heterocycles. The van der Waals surface area contributed by atoms with Crippen molar-refractivity contribution in [3.63, 3.8) is 0 Å². The molecule has 2 aromatic rings. The van der Waals surface area contributed by atoms with Gasteiger partial charge in [0.15, 0.2) is 0 Å². The molecule has 3 aliphatic heterocycles. The van der Waals surface area contributed by atoms with Crippen LogP contribution in [0.5, 0.6) is 0 Å². The third kappa shape index (κ3) is 3.89. The molecule has 2 aromatic carbocycles. The molecule has 2 N–H and O–H groups in total. The highest BCUT2D eigenvalue weighted by Gasteiger charge is 2.52. The number of rotatable bonds is 3. The zero-order valence-corrected chi connectivity index (χ0v) is 20.3. The van der Waals surface area contributed by atoms with Crippen LogP contribution in [0.1, 0.15) is 67.6 Å². The second-order valence-electron chi connectivity index (χ2n) is 11.2. The van der Waals surface area contributed by atoms with Gasteiger partial charge in [0.25, 0.3) is 0 Å². The zero-order chi connectivity index (χ0) is 23.0. The molecule has 4 atom stereocenters. The van der Waals surface area contributed by atoms with E-state index < -0.39 is 0 Å². The third-order valence-corrected chi connectivity index (χ3v) is 9.46. The van der Waals surface area contributed by atoms with Crippen LogP contribution in [0.25, 0.3) is 0 Å². The highest BCUT2D eigenvalue weighted by Crippen LogP contribution is 2.44. The normalized spacial score (nSPS) is 32.0. The van der Waals surface area contributed by atoms with Crippen molar-refractivity contribution in [2.75, 3.05) is 26.2 Å². The average molecular weight is 458 g/mol. The van der Waals surface area contributed by atoms with Gasteiger partial charge in [-0.2, -0.15) is 0 Å². The van der Waals surface area contributed by atoms with Crippen LogP contribution in [0.3, 0.4) is 0 Å². The first-order valence-corrected chi connectivity index (χ1v) is 13.6. The van der Waals surface area contributed by atoms with E-state index in [1.165, 1.54) is 48.8 Å². The molecule has 0 radical (unpaired) electrons. The lowest BCUT2D eigenvalue weighted by molar-refractivity contribution is -0.142.